The molecule has 1 atom stereocenters. The number of hydrazine groups is 1. The molecule has 9 heteroatoms. The summed E-state index contributed by atoms with van der Waals surface area (Å²) in [6.07, 6.45) is 1.58. The average Bonchev–Trinajstić information content (AvgIpc) is 3.39. The molecule has 1 unspecified atom stereocenters. The molecular formula is C26H24N6O3. The number of fused-ring (bicyclic) bond motifs is 1. The predicted molar refractivity (Wildman–Crippen MR) is 130 cm³/mol. The number of aromatic nitrogens is 3. The summed E-state index contributed by atoms with van der Waals surface area (Å²) in [4.78, 5) is 44.2. The molecule has 1 saturated heterocycles. The van der Waals surface area contributed by atoms with Crippen molar-refractivity contribution in [3.8, 4) is 11.3 Å². The van der Waals surface area contributed by atoms with Crippen LogP contribution in [0.25, 0.3) is 22.3 Å². The molecule has 3 heterocycles. The number of hydrogen-bond donors (Lipinski definition) is 2. The van der Waals surface area contributed by atoms with E-state index in [-0.39, 0.29) is 11.6 Å². The van der Waals surface area contributed by atoms with Gasteiger partial charge in [0.2, 0.25) is 0 Å². The standard InChI is InChI=1S/C26H24N6O3/c1-16(2)31-22-20(15-27-31)19(14-21(28-22)17-10-6-4-7-11-17)23(33)30-32-24(34)26(3,29-25(32)35)18-12-8-5-9-13-18/h4-16H,1-3H3,(H,29,35)(H,30,33). The molecule has 9 nitrogen and oxygen atoms in total. The summed E-state index contributed by atoms with van der Waals surface area (Å²) >= 11 is 0. The van der Waals surface area contributed by atoms with Crippen molar-refractivity contribution in [1.29, 1.82) is 0 Å². The highest BCUT2D eigenvalue weighted by molar-refractivity contribution is 6.12. The fourth-order valence-electron chi connectivity index (χ4n) is 4.21. The number of amides is 4. The van der Waals surface area contributed by atoms with Crippen LogP contribution in [0.1, 0.15) is 42.7 Å². The van der Waals surface area contributed by atoms with Crippen LogP contribution in [-0.4, -0.2) is 37.6 Å². The monoisotopic (exact) mass is 468 g/mol. The Bertz CT molecular complexity index is 1450. The number of imide groups is 1. The van der Waals surface area contributed by atoms with E-state index in [1.54, 1.807) is 48.1 Å². The van der Waals surface area contributed by atoms with E-state index in [0.717, 1.165) is 10.6 Å². The molecule has 0 radical (unpaired) electrons. The maximum absolute atomic E-state index is 13.5. The number of rotatable bonds is 5. The van der Waals surface area contributed by atoms with Crippen LogP contribution >= 0.6 is 0 Å². The summed E-state index contributed by atoms with van der Waals surface area (Å²) in [5.74, 6) is -1.19. The van der Waals surface area contributed by atoms with Gasteiger partial charge < -0.3 is 5.32 Å². The van der Waals surface area contributed by atoms with Gasteiger partial charge in [-0.1, -0.05) is 60.7 Å². The third kappa shape index (κ3) is 3.71. The van der Waals surface area contributed by atoms with Crippen molar-refractivity contribution in [2.45, 2.75) is 32.4 Å². The molecule has 0 spiro atoms. The highest BCUT2D eigenvalue weighted by atomic mass is 16.2. The molecule has 0 saturated carbocycles. The number of urea groups is 1. The lowest BCUT2D eigenvalue weighted by atomic mass is 9.92. The first-order chi connectivity index (χ1) is 16.8. The molecule has 176 valence electrons. The van der Waals surface area contributed by atoms with Crippen LogP contribution in [0.2, 0.25) is 0 Å². The number of carbonyl (C=O) groups is 3. The first kappa shape index (κ1) is 22.3. The van der Waals surface area contributed by atoms with Crippen LogP contribution in [0.3, 0.4) is 0 Å². The molecule has 2 aromatic carbocycles. The largest absolute Gasteiger partial charge is 0.344 e. The molecule has 2 aromatic heterocycles. The molecule has 35 heavy (non-hydrogen) atoms. The van der Waals surface area contributed by atoms with Crippen LogP contribution in [0.15, 0.2) is 72.9 Å². The zero-order valence-corrected chi connectivity index (χ0v) is 19.5. The summed E-state index contributed by atoms with van der Waals surface area (Å²) in [7, 11) is 0. The fourth-order valence-corrected chi connectivity index (χ4v) is 4.21. The van der Waals surface area contributed by atoms with Crippen molar-refractivity contribution >= 4 is 28.9 Å². The minimum Gasteiger partial charge on any atom is -0.318 e. The Kier molecular flexibility index (Phi) is 5.32. The Labute approximate surface area is 201 Å². The van der Waals surface area contributed by atoms with Crippen LogP contribution in [0.4, 0.5) is 4.79 Å². The quantitative estimate of drug-likeness (QED) is 0.433. The van der Waals surface area contributed by atoms with Crippen molar-refractivity contribution < 1.29 is 14.4 Å². The summed E-state index contributed by atoms with van der Waals surface area (Å²) in [6.45, 7) is 5.56. The third-order valence-electron chi connectivity index (χ3n) is 6.13. The topological polar surface area (TPSA) is 109 Å². The van der Waals surface area contributed by atoms with E-state index >= 15 is 0 Å². The number of nitrogens with one attached hydrogen (secondary N) is 2. The SMILES string of the molecule is CC(C)n1ncc2c(C(=O)NN3C(=O)NC(C)(c4ccccc4)C3=O)cc(-c3ccccc3)nc21. The summed E-state index contributed by atoms with van der Waals surface area (Å²) in [6, 6.07) is 19.3. The first-order valence-corrected chi connectivity index (χ1v) is 11.3. The minimum absolute atomic E-state index is 0.0134. The van der Waals surface area contributed by atoms with Gasteiger partial charge in [-0.15, -0.1) is 0 Å². The molecule has 4 aromatic rings. The Hall–Kier alpha value is -4.53. The maximum Gasteiger partial charge on any atom is 0.344 e. The highest BCUT2D eigenvalue weighted by Crippen LogP contribution is 2.29. The van der Waals surface area contributed by atoms with E-state index in [2.05, 4.69) is 15.8 Å². The lowest BCUT2D eigenvalue weighted by molar-refractivity contribution is -0.132. The lowest BCUT2D eigenvalue weighted by Crippen LogP contribution is -2.48. The normalized spacial score (nSPS) is 17.8. The van der Waals surface area contributed by atoms with Crippen LogP contribution < -0.4 is 10.7 Å². The van der Waals surface area contributed by atoms with Gasteiger partial charge in [-0.3, -0.25) is 15.0 Å². The van der Waals surface area contributed by atoms with E-state index in [1.165, 1.54) is 0 Å². The van der Waals surface area contributed by atoms with E-state index in [0.29, 0.717) is 22.3 Å². The molecule has 1 fully saturated rings. The van der Waals surface area contributed by atoms with Gasteiger partial charge in [-0.2, -0.15) is 10.1 Å². The van der Waals surface area contributed by atoms with Gasteiger partial charge in [-0.05, 0) is 32.4 Å². The van der Waals surface area contributed by atoms with Gasteiger partial charge in [-0.25, -0.2) is 14.5 Å². The number of nitrogens with zero attached hydrogens (tertiary/aromatic N) is 4. The van der Waals surface area contributed by atoms with Gasteiger partial charge in [0.05, 0.1) is 22.8 Å². The van der Waals surface area contributed by atoms with Crippen LogP contribution in [-0.2, 0) is 10.3 Å². The molecule has 1 aliphatic heterocycles. The average molecular weight is 469 g/mol. The van der Waals surface area contributed by atoms with Crippen molar-refractivity contribution in [3.63, 3.8) is 0 Å². The Morgan fingerprint density at radius 3 is 2.34 bits per heavy atom. The fraction of sp³-hybridized carbons (Fsp3) is 0.192. The highest BCUT2D eigenvalue weighted by Gasteiger charge is 2.50. The van der Waals surface area contributed by atoms with Crippen molar-refractivity contribution in [3.05, 3.63) is 84.1 Å². The van der Waals surface area contributed by atoms with Crippen LogP contribution in [0, 0.1) is 0 Å². The summed E-state index contributed by atoms with van der Waals surface area (Å²) < 4.78 is 1.73. The molecule has 4 amide bonds. The van der Waals surface area contributed by atoms with E-state index in [9.17, 15) is 14.4 Å². The Balaban J connectivity index is 1.54. The van der Waals surface area contributed by atoms with Crippen LogP contribution in [0.5, 0.6) is 0 Å². The Morgan fingerprint density at radius 1 is 1.03 bits per heavy atom. The van der Waals surface area contributed by atoms with Gasteiger partial charge in [0, 0.05) is 11.6 Å². The minimum atomic E-state index is -1.29. The van der Waals surface area contributed by atoms with E-state index < -0.39 is 23.4 Å². The first-order valence-electron chi connectivity index (χ1n) is 11.3. The van der Waals surface area contributed by atoms with Gasteiger partial charge >= 0.3 is 6.03 Å². The second kappa shape index (κ2) is 8.35. The molecule has 0 aliphatic carbocycles. The second-order valence-electron chi connectivity index (χ2n) is 8.84. The zero-order valence-electron chi connectivity index (χ0n) is 19.5. The van der Waals surface area contributed by atoms with Gasteiger partial charge in [0.15, 0.2) is 5.65 Å². The van der Waals surface area contributed by atoms with Gasteiger partial charge in [0.25, 0.3) is 11.8 Å². The smallest absolute Gasteiger partial charge is 0.318 e. The van der Waals surface area contributed by atoms with Crippen molar-refractivity contribution in [2.24, 2.45) is 0 Å². The number of carbonyl (C=O) groups excluding carboxylic acids is 3. The van der Waals surface area contributed by atoms with E-state index in [4.69, 9.17) is 4.98 Å². The second-order valence-corrected chi connectivity index (χ2v) is 8.84. The third-order valence-corrected chi connectivity index (χ3v) is 6.13. The Morgan fingerprint density at radius 2 is 1.69 bits per heavy atom. The number of benzene rings is 2. The van der Waals surface area contributed by atoms with E-state index in [1.807, 2.05) is 50.2 Å². The molecule has 0 bridgehead atoms. The molecule has 5 rings (SSSR count). The number of pyridine rings is 1. The predicted octanol–water partition coefficient (Wildman–Crippen LogP) is 3.79. The lowest BCUT2D eigenvalue weighted by Gasteiger charge is -2.22. The van der Waals surface area contributed by atoms with Crippen molar-refractivity contribution in [2.75, 3.05) is 0 Å². The molecule has 2 N–H and O–H groups in total. The zero-order chi connectivity index (χ0) is 24.7. The molecular weight excluding hydrogens is 444 g/mol. The summed E-state index contributed by atoms with van der Waals surface area (Å²) in [5.41, 5.74) is 4.02. The summed E-state index contributed by atoms with van der Waals surface area (Å²) in [5, 5.41) is 8.36. The van der Waals surface area contributed by atoms with Gasteiger partial charge in [0.1, 0.15) is 5.54 Å². The van der Waals surface area contributed by atoms with Crippen molar-refractivity contribution in [1.82, 2.24) is 30.5 Å². The maximum atomic E-state index is 13.5. The molecule has 1 aliphatic rings. The number of hydrogen-bond acceptors (Lipinski definition) is 5.